The summed E-state index contributed by atoms with van der Waals surface area (Å²) >= 11 is 0. The lowest BCUT2D eigenvalue weighted by molar-refractivity contribution is -0.385. The van der Waals surface area contributed by atoms with Gasteiger partial charge in [-0.1, -0.05) is 0 Å². The molecule has 3 aromatic rings. The lowest BCUT2D eigenvalue weighted by Gasteiger charge is -2.08. The Balaban J connectivity index is 1.96. The molecule has 1 heterocycles. The van der Waals surface area contributed by atoms with E-state index >= 15 is 0 Å². The average Bonchev–Trinajstić information content (AvgIpc) is 3.01. The number of methoxy groups -OCH3 is 1. The van der Waals surface area contributed by atoms with Crippen molar-refractivity contribution in [3.8, 4) is 5.75 Å². The van der Waals surface area contributed by atoms with E-state index in [1.165, 1.54) is 31.6 Å². The molecule has 0 saturated heterocycles. The number of aromatic nitrogens is 2. The van der Waals surface area contributed by atoms with Crippen molar-refractivity contribution in [1.29, 1.82) is 0 Å². The molecule has 8 nitrogen and oxygen atoms in total. The Kier molecular flexibility index (Phi) is 3.82. The van der Waals surface area contributed by atoms with Gasteiger partial charge in [0.2, 0.25) is 0 Å². The SMILES string of the molecule is COc1ccc(NC(=O)c2cc(F)cc3[nH]cnc23)cc1[N+](=O)[O-]. The lowest BCUT2D eigenvalue weighted by atomic mass is 10.1. The third-order valence-corrected chi connectivity index (χ3v) is 3.37. The summed E-state index contributed by atoms with van der Waals surface area (Å²) in [5.41, 5.74) is 0.586. The van der Waals surface area contributed by atoms with Crippen LogP contribution in [0.15, 0.2) is 36.7 Å². The molecule has 0 radical (unpaired) electrons. The van der Waals surface area contributed by atoms with Crippen molar-refractivity contribution in [2.45, 2.75) is 0 Å². The number of hydrogen-bond donors (Lipinski definition) is 2. The van der Waals surface area contributed by atoms with Crippen LogP contribution < -0.4 is 10.1 Å². The molecule has 2 N–H and O–H groups in total. The number of fused-ring (bicyclic) bond motifs is 1. The Morgan fingerprint density at radius 2 is 2.17 bits per heavy atom. The molecule has 122 valence electrons. The minimum Gasteiger partial charge on any atom is -0.490 e. The second-order valence-corrected chi connectivity index (χ2v) is 4.85. The van der Waals surface area contributed by atoms with E-state index in [-0.39, 0.29) is 22.7 Å². The molecule has 0 atom stereocenters. The fourth-order valence-electron chi connectivity index (χ4n) is 2.30. The lowest BCUT2D eigenvalue weighted by Crippen LogP contribution is -2.13. The van der Waals surface area contributed by atoms with Gasteiger partial charge in [0.1, 0.15) is 11.3 Å². The molecule has 0 aliphatic carbocycles. The minimum absolute atomic E-state index is 0.0183. The van der Waals surface area contributed by atoms with E-state index in [1.807, 2.05) is 0 Å². The standard InChI is InChI=1S/C15H11FN4O4/c1-24-13-3-2-9(6-12(13)20(22)23)19-15(21)10-4-8(16)5-11-14(10)18-7-17-11/h2-7H,1H3,(H,17,18)(H,19,21). The highest BCUT2D eigenvalue weighted by Crippen LogP contribution is 2.30. The summed E-state index contributed by atoms with van der Waals surface area (Å²) in [5.74, 6) is -1.16. The van der Waals surface area contributed by atoms with Gasteiger partial charge in [0.15, 0.2) is 5.75 Å². The third kappa shape index (κ3) is 2.74. The molecule has 0 aliphatic heterocycles. The highest BCUT2D eigenvalue weighted by Gasteiger charge is 2.18. The molecular formula is C15H11FN4O4. The number of carbonyl (C=O) groups excluding carboxylic acids is 1. The fourth-order valence-corrected chi connectivity index (χ4v) is 2.30. The summed E-state index contributed by atoms with van der Waals surface area (Å²) in [7, 11) is 1.31. The molecule has 1 aromatic heterocycles. The van der Waals surface area contributed by atoms with Crippen LogP contribution in [0, 0.1) is 15.9 Å². The Bertz CT molecular complexity index is 954. The summed E-state index contributed by atoms with van der Waals surface area (Å²) in [6, 6.07) is 6.25. The van der Waals surface area contributed by atoms with Gasteiger partial charge >= 0.3 is 5.69 Å². The largest absolute Gasteiger partial charge is 0.490 e. The molecule has 0 spiro atoms. The Morgan fingerprint density at radius 3 is 2.88 bits per heavy atom. The fraction of sp³-hybridized carbons (Fsp3) is 0.0667. The van der Waals surface area contributed by atoms with E-state index in [9.17, 15) is 19.3 Å². The first-order valence-corrected chi connectivity index (χ1v) is 6.76. The third-order valence-electron chi connectivity index (χ3n) is 3.37. The smallest absolute Gasteiger partial charge is 0.312 e. The van der Waals surface area contributed by atoms with Crippen molar-refractivity contribution in [3.05, 3.63) is 58.2 Å². The zero-order valence-corrected chi connectivity index (χ0v) is 12.4. The zero-order chi connectivity index (χ0) is 17.3. The van der Waals surface area contributed by atoms with Gasteiger partial charge in [-0.25, -0.2) is 9.37 Å². The van der Waals surface area contributed by atoms with E-state index in [0.29, 0.717) is 11.0 Å². The molecule has 0 fully saturated rings. The van der Waals surface area contributed by atoms with E-state index in [1.54, 1.807) is 0 Å². The topological polar surface area (TPSA) is 110 Å². The summed E-state index contributed by atoms with van der Waals surface area (Å²) in [5, 5.41) is 13.5. The monoisotopic (exact) mass is 330 g/mol. The van der Waals surface area contributed by atoms with Crippen molar-refractivity contribution in [2.75, 3.05) is 12.4 Å². The van der Waals surface area contributed by atoms with Gasteiger partial charge in [-0.15, -0.1) is 0 Å². The Hall–Kier alpha value is -3.49. The normalized spacial score (nSPS) is 10.6. The second-order valence-electron chi connectivity index (χ2n) is 4.85. The van der Waals surface area contributed by atoms with Crippen LogP contribution in [-0.4, -0.2) is 27.9 Å². The zero-order valence-electron chi connectivity index (χ0n) is 12.4. The number of aromatic amines is 1. The molecule has 2 aromatic carbocycles. The number of ether oxygens (including phenoxy) is 1. The minimum atomic E-state index is -0.633. The number of nitro benzene ring substituents is 1. The number of amides is 1. The number of nitro groups is 1. The molecular weight excluding hydrogens is 319 g/mol. The number of halogens is 1. The number of imidazole rings is 1. The maximum absolute atomic E-state index is 13.6. The summed E-state index contributed by atoms with van der Waals surface area (Å²) in [6.07, 6.45) is 1.35. The number of anilines is 1. The van der Waals surface area contributed by atoms with Crippen LogP contribution in [0.5, 0.6) is 5.75 Å². The van der Waals surface area contributed by atoms with E-state index in [0.717, 1.165) is 12.1 Å². The first-order valence-electron chi connectivity index (χ1n) is 6.76. The molecule has 0 aliphatic rings. The Labute approximate surface area is 134 Å². The van der Waals surface area contributed by atoms with Gasteiger partial charge in [-0.2, -0.15) is 0 Å². The molecule has 9 heteroatoms. The van der Waals surface area contributed by atoms with Crippen LogP contribution in [0.1, 0.15) is 10.4 Å². The van der Waals surface area contributed by atoms with E-state index < -0.39 is 16.6 Å². The van der Waals surface area contributed by atoms with Crippen LogP contribution in [0.4, 0.5) is 15.8 Å². The first kappa shape index (κ1) is 15.4. The van der Waals surface area contributed by atoms with Crippen molar-refractivity contribution in [2.24, 2.45) is 0 Å². The number of H-pyrrole nitrogens is 1. The average molecular weight is 330 g/mol. The number of nitrogens with zero attached hydrogens (tertiary/aromatic N) is 2. The molecule has 0 bridgehead atoms. The molecule has 0 saturated carbocycles. The molecule has 3 rings (SSSR count). The van der Waals surface area contributed by atoms with Crippen LogP contribution >= 0.6 is 0 Å². The van der Waals surface area contributed by atoms with Crippen LogP contribution in [0.2, 0.25) is 0 Å². The van der Waals surface area contributed by atoms with Crippen molar-refractivity contribution in [1.82, 2.24) is 9.97 Å². The van der Waals surface area contributed by atoms with Gasteiger partial charge in [-0.05, 0) is 24.3 Å². The van der Waals surface area contributed by atoms with Crippen molar-refractivity contribution < 1.29 is 18.8 Å². The van der Waals surface area contributed by atoms with Gasteiger partial charge in [-0.3, -0.25) is 14.9 Å². The molecule has 24 heavy (non-hydrogen) atoms. The van der Waals surface area contributed by atoms with Crippen LogP contribution in [-0.2, 0) is 0 Å². The van der Waals surface area contributed by atoms with Gasteiger partial charge in [0.05, 0.1) is 29.4 Å². The molecule has 0 unspecified atom stereocenters. The molecule has 1 amide bonds. The summed E-state index contributed by atoms with van der Waals surface area (Å²) in [4.78, 5) is 29.5. The number of hydrogen-bond acceptors (Lipinski definition) is 5. The Morgan fingerprint density at radius 1 is 1.38 bits per heavy atom. The van der Waals surface area contributed by atoms with Crippen LogP contribution in [0.25, 0.3) is 11.0 Å². The number of carbonyl (C=O) groups is 1. The van der Waals surface area contributed by atoms with Crippen molar-refractivity contribution >= 4 is 28.3 Å². The van der Waals surface area contributed by atoms with Gasteiger partial charge in [0.25, 0.3) is 5.91 Å². The maximum Gasteiger partial charge on any atom is 0.312 e. The summed E-state index contributed by atoms with van der Waals surface area (Å²) < 4.78 is 18.5. The number of nitrogens with one attached hydrogen (secondary N) is 2. The first-order chi connectivity index (χ1) is 11.5. The van der Waals surface area contributed by atoms with Crippen molar-refractivity contribution in [3.63, 3.8) is 0 Å². The summed E-state index contributed by atoms with van der Waals surface area (Å²) in [6.45, 7) is 0. The van der Waals surface area contributed by atoms with E-state index in [4.69, 9.17) is 4.74 Å². The highest BCUT2D eigenvalue weighted by molar-refractivity contribution is 6.11. The predicted molar refractivity (Wildman–Crippen MR) is 83.7 cm³/mol. The quantitative estimate of drug-likeness (QED) is 0.564. The highest BCUT2D eigenvalue weighted by atomic mass is 19.1. The van der Waals surface area contributed by atoms with E-state index in [2.05, 4.69) is 15.3 Å². The van der Waals surface area contributed by atoms with Gasteiger partial charge in [0, 0.05) is 11.8 Å². The second kappa shape index (κ2) is 5.95. The number of benzene rings is 2. The van der Waals surface area contributed by atoms with Gasteiger partial charge < -0.3 is 15.0 Å². The predicted octanol–water partition coefficient (Wildman–Crippen LogP) is 2.87. The maximum atomic E-state index is 13.6. The van der Waals surface area contributed by atoms with Crippen LogP contribution in [0.3, 0.4) is 0 Å². The number of rotatable bonds is 4.